The number of carbonyl (C=O) groups excluding carboxylic acids is 1. The highest BCUT2D eigenvalue weighted by molar-refractivity contribution is 7.80. The summed E-state index contributed by atoms with van der Waals surface area (Å²) in [4.78, 5) is 30.0. The zero-order valence-corrected chi connectivity index (χ0v) is 25.4. The van der Waals surface area contributed by atoms with Gasteiger partial charge in [-0.3, -0.25) is 19.9 Å². The number of nitro groups is 1. The highest BCUT2D eigenvalue weighted by atomic mass is 32.1. The summed E-state index contributed by atoms with van der Waals surface area (Å²) in [5.41, 5.74) is 6.93. The largest absolute Gasteiger partial charge is 0.375 e. The van der Waals surface area contributed by atoms with Gasteiger partial charge in [0.25, 0.3) is 11.6 Å². The highest BCUT2D eigenvalue weighted by Crippen LogP contribution is 2.23. The lowest BCUT2D eigenvalue weighted by Gasteiger charge is -2.29. The Balaban J connectivity index is 1.64. The predicted octanol–water partition coefficient (Wildman–Crippen LogP) is 6.01. The summed E-state index contributed by atoms with van der Waals surface area (Å²) < 4.78 is 1.88. The molecule has 1 heterocycles. The molecule has 43 heavy (non-hydrogen) atoms. The Morgan fingerprint density at radius 2 is 1.65 bits per heavy atom. The van der Waals surface area contributed by atoms with Crippen molar-refractivity contribution in [3.63, 3.8) is 0 Å². The van der Waals surface area contributed by atoms with Crippen molar-refractivity contribution in [1.29, 1.82) is 0 Å². The lowest BCUT2D eigenvalue weighted by atomic mass is 10.0. The van der Waals surface area contributed by atoms with E-state index in [0.29, 0.717) is 42.8 Å². The number of aromatic nitrogens is 2. The first kappa shape index (κ1) is 31.5. The van der Waals surface area contributed by atoms with Crippen molar-refractivity contribution in [2.45, 2.75) is 52.2 Å². The van der Waals surface area contributed by atoms with Crippen LogP contribution in [0.15, 0.2) is 97.5 Å². The first-order valence-electron chi connectivity index (χ1n) is 14.5. The standard InChI is InChI=1S/C33H38N6O3S/c1-3-25(2)18-19-36-38(23-27-12-8-5-9-13-27)33(40)31(32(43)35-20-26-10-6-4-7-11-26)30-21-34-24-37(30)22-28-14-16-29(17-15-28)39(41)42/h4-17,21,24-25,31,36H,3,18-20,22-23H2,1-2H3,(H,35,43)/t25-,31+/m0/s1. The van der Waals surface area contributed by atoms with Gasteiger partial charge in [-0.15, -0.1) is 0 Å². The van der Waals surface area contributed by atoms with E-state index in [1.54, 1.807) is 29.7 Å². The molecule has 0 bridgehead atoms. The molecule has 0 aliphatic heterocycles. The van der Waals surface area contributed by atoms with Gasteiger partial charge in [0.05, 0.1) is 28.5 Å². The van der Waals surface area contributed by atoms with Gasteiger partial charge in [0, 0.05) is 38.0 Å². The Hall–Kier alpha value is -4.41. The van der Waals surface area contributed by atoms with Crippen LogP contribution in [0, 0.1) is 16.0 Å². The van der Waals surface area contributed by atoms with Crippen LogP contribution >= 0.6 is 12.2 Å². The van der Waals surface area contributed by atoms with Gasteiger partial charge in [-0.25, -0.2) is 10.4 Å². The zero-order chi connectivity index (χ0) is 30.6. The van der Waals surface area contributed by atoms with E-state index in [-0.39, 0.29) is 11.6 Å². The van der Waals surface area contributed by atoms with Crippen LogP contribution in [0.1, 0.15) is 55.0 Å². The minimum absolute atomic E-state index is 0.0222. The van der Waals surface area contributed by atoms with Gasteiger partial charge >= 0.3 is 0 Å². The number of nitrogens with one attached hydrogen (secondary N) is 2. The number of non-ortho nitro benzene ring substituents is 1. The lowest BCUT2D eigenvalue weighted by molar-refractivity contribution is -0.384. The first-order valence-corrected chi connectivity index (χ1v) is 14.9. The number of imidazole rings is 1. The van der Waals surface area contributed by atoms with Crippen LogP contribution in [0.4, 0.5) is 5.69 Å². The van der Waals surface area contributed by atoms with E-state index in [1.165, 1.54) is 12.1 Å². The number of hydrogen-bond acceptors (Lipinski definition) is 6. The lowest BCUT2D eigenvalue weighted by Crippen LogP contribution is -2.48. The van der Waals surface area contributed by atoms with Crippen molar-refractivity contribution in [3.05, 3.63) is 130 Å². The number of carbonyl (C=O) groups is 1. The quantitative estimate of drug-likeness (QED) is 0.0981. The van der Waals surface area contributed by atoms with E-state index in [9.17, 15) is 14.9 Å². The summed E-state index contributed by atoms with van der Waals surface area (Å²) in [6.07, 6.45) is 5.32. The Labute approximate surface area is 258 Å². The summed E-state index contributed by atoms with van der Waals surface area (Å²) in [5.74, 6) is -0.489. The summed E-state index contributed by atoms with van der Waals surface area (Å²) in [5, 5.41) is 16.1. The maximum Gasteiger partial charge on any atom is 0.269 e. The Morgan fingerprint density at radius 1 is 1.00 bits per heavy atom. The van der Waals surface area contributed by atoms with E-state index >= 15 is 0 Å². The molecular weight excluding hydrogens is 560 g/mol. The molecule has 0 aliphatic carbocycles. The van der Waals surface area contributed by atoms with Gasteiger partial charge in [0.2, 0.25) is 0 Å². The monoisotopic (exact) mass is 598 g/mol. The van der Waals surface area contributed by atoms with Crippen LogP contribution in [0.5, 0.6) is 0 Å². The van der Waals surface area contributed by atoms with Gasteiger partial charge < -0.3 is 9.88 Å². The molecule has 224 valence electrons. The molecule has 2 N–H and O–H groups in total. The van der Waals surface area contributed by atoms with Crippen LogP contribution in [0.3, 0.4) is 0 Å². The SMILES string of the molecule is CC[C@H](C)CCNN(Cc1ccccc1)C(=O)[C@@H](C(=S)NCc1ccccc1)c1cncn1Cc1ccc([N+](=O)[O-])cc1. The fraction of sp³-hybridized carbons (Fsp3) is 0.303. The van der Waals surface area contributed by atoms with E-state index in [4.69, 9.17) is 12.2 Å². The molecule has 4 aromatic rings. The molecular formula is C33H38N6O3S. The third kappa shape index (κ3) is 9.04. The summed E-state index contributed by atoms with van der Waals surface area (Å²) in [6.45, 7) is 6.23. The van der Waals surface area contributed by atoms with E-state index in [0.717, 1.165) is 29.5 Å². The first-order chi connectivity index (χ1) is 20.9. The zero-order valence-electron chi connectivity index (χ0n) is 24.6. The fourth-order valence-electron chi connectivity index (χ4n) is 4.67. The van der Waals surface area contributed by atoms with Gasteiger partial charge in [0.15, 0.2) is 0 Å². The van der Waals surface area contributed by atoms with Crippen LogP contribution in [-0.4, -0.2) is 36.9 Å². The molecule has 9 nitrogen and oxygen atoms in total. The second kappa shape index (κ2) is 15.7. The van der Waals surface area contributed by atoms with E-state index < -0.39 is 10.8 Å². The van der Waals surface area contributed by atoms with Crippen molar-refractivity contribution in [2.75, 3.05) is 6.54 Å². The normalized spacial score (nSPS) is 12.3. The molecule has 0 saturated heterocycles. The van der Waals surface area contributed by atoms with Gasteiger partial charge in [-0.2, -0.15) is 0 Å². The molecule has 0 unspecified atom stereocenters. The third-order valence-electron chi connectivity index (χ3n) is 7.45. The minimum atomic E-state index is -0.820. The number of amides is 1. The average Bonchev–Trinajstić information content (AvgIpc) is 3.47. The molecule has 0 saturated carbocycles. The van der Waals surface area contributed by atoms with Crippen LogP contribution in [-0.2, 0) is 24.4 Å². The summed E-state index contributed by atoms with van der Waals surface area (Å²) in [6, 6.07) is 26.1. The molecule has 0 aliphatic rings. The molecule has 0 spiro atoms. The molecule has 4 rings (SSSR count). The number of rotatable bonds is 15. The fourth-order valence-corrected chi connectivity index (χ4v) is 4.96. The molecule has 2 atom stereocenters. The molecule has 10 heteroatoms. The van der Waals surface area contributed by atoms with Gasteiger partial charge in [0.1, 0.15) is 5.92 Å². The molecule has 3 aromatic carbocycles. The summed E-state index contributed by atoms with van der Waals surface area (Å²) in [7, 11) is 0. The van der Waals surface area contributed by atoms with E-state index in [1.807, 2.05) is 65.2 Å². The van der Waals surface area contributed by atoms with Crippen LogP contribution in [0.25, 0.3) is 0 Å². The number of nitro benzene ring substituents is 1. The number of hydrazine groups is 1. The molecule has 1 aromatic heterocycles. The highest BCUT2D eigenvalue weighted by Gasteiger charge is 2.33. The van der Waals surface area contributed by atoms with Crippen molar-refractivity contribution < 1.29 is 9.72 Å². The Morgan fingerprint density at radius 3 is 2.28 bits per heavy atom. The van der Waals surface area contributed by atoms with Crippen molar-refractivity contribution in [3.8, 4) is 0 Å². The number of hydrogen-bond donors (Lipinski definition) is 2. The number of benzene rings is 3. The summed E-state index contributed by atoms with van der Waals surface area (Å²) >= 11 is 5.92. The molecule has 0 fully saturated rings. The van der Waals surface area contributed by atoms with Gasteiger partial charge in [-0.05, 0) is 29.0 Å². The number of nitrogens with zero attached hydrogens (tertiary/aromatic N) is 4. The minimum Gasteiger partial charge on any atom is -0.375 e. The maximum atomic E-state index is 14.5. The Kier molecular flexibility index (Phi) is 11.5. The van der Waals surface area contributed by atoms with E-state index in [2.05, 4.69) is 29.6 Å². The van der Waals surface area contributed by atoms with Crippen LogP contribution in [0.2, 0.25) is 0 Å². The maximum absolute atomic E-state index is 14.5. The molecule has 0 radical (unpaired) electrons. The van der Waals surface area contributed by atoms with Crippen LogP contribution < -0.4 is 10.7 Å². The Bertz CT molecular complexity index is 1480. The average molecular weight is 599 g/mol. The third-order valence-corrected chi connectivity index (χ3v) is 7.83. The number of thiocarbonyl (C=S) groups is 1. The van der Waals surface area contributed by atoms with Crippen molar-refractivity contribution in [2.24, 2.45) is 5.92 Å². The second-order valence-electron chi connectivity index (χ2n) is 10.6. The molecule has 1 amide bonds. The predicted molar refractivity (Wildman–Crippen MR) is 172 cm³/mol. The van der Waals surface area contributed by atoms with Gasteiger partial charge in [-0.1, -0.05) is 105 Å². The smallest absolute Gasteiger partial charge is 0.269 e. The second-order valence-corrected chi connectivity index (χ2v) is 11.1. The van der Waals surface area contributed by atoms with Crippen molar-refractivity contribution in [1.82, 2.24) is 25.3 Å². The van der Waals surface area contributed by atoms with Crippen molar-refractivity contribution >= 4 is 28.8 Å². The topological polar surface area (TPSA) is 105 Å².